The third-order valence-electron chi connectivity index (χ3n) is 0. The second-order valence-electron chi connectivity index (χ2n) is 0.408. The van der Waals surface area contributed by atoms with E-state index < -0.39 is 10.4 Å². The van der Waals surface area contributed by atoms with Crippen molar-refractivity contribution in [1.82, 2.24) is 6.15 Å². The third-order valence-corrected chi connectivity index (χ3v) is 0. The molecule has 0 saturated heterocycles. The maximum absolute atomic E-state index is 8.52. The number of hydrogen-bond acceptors (Lipinski definition) is 5. The Morgan fingerprint density at radius 1 is 1.14 bits per heavy atom. The van der Waals surface area contributed by atoms with Gasteiger partial charge >= 0.3 is 27.3 Å². The smallest absolute Gasteiger partial charge is 0.759 e. The van der Waals surface area contributed by atoms with E-state index in [1.807, 2.05) is 0 Å². The molecule has 0 saturated carbocycles. The summed E-state index contributed by atoms with van der Waals surface area (Å²) in [5.41, 5.74) is 0. The van der Waals surface area contributed by atoms with Crippen LogP contribution in [0.25, 0.3) is 0 Å². The predicted octanol–water partition coefficient (Wildman–Crippen LogP) is -1.56. The minimum absolute atomic E-state index is 0. The molecule has 0 rings (SSSR count). The summed E-state index contributed by atoms with van der Waals surface area (Å²) in [5.74, 6) is 0. The Bertz CT molecular complexity index is 94.9. The summed E-state index contributed by atoms with van der Waals surface area (Å²) in [6.07, 6.45) is 0. The second-order valence-corrected chi connectivity index (χ2v) is 1.22. The topological polar surface area (TPSA) is 115 Å². The minimum Gasteiger partial charge on any atom is -0.759 e. The molecule has 5 nitrogen and oxygen atoms in total. The molecule has 42 valence electrons. The third kappa shape index (κ3) is 270. The van der Waals surface area contributed by atoms with E-state index in [1.54, 1.807) is 0 Å². The van der Waals surface area contributed by atoms with Gasteiger partial charge in [-0.15, -0.1) is 0 Å². The Balaban J connectivity index is -0.0000000800. The molecule has 0 aliphatic rings. The van der Waals surface area contributed by atoms with Crippen LogP contribution in [0.1, 0.15) is 0 Å². The van der Waals surface area contributed by atoms with E-state index in [2.05, 4.69) is 0 Å². The van der Waals surface area contributed by atoms with Crippen LogP contribution in [0.15, 0.2) is 0 Å². The van der Waals surface area contributed by atoms with Gasteiger partial charge in [-0.05, 0) is 0 Å². The van der Waals surface area contributed by atoms with Crippen molar-refractivity contribution in [2.45, 2.75) is 0 Å². The Kier molecular flexibility index (Phi) is 11.0. The first-order chi connectivity index (χ1) is 2.00. The Morgan fingerprint density at radius 3 is 1.14 bits per heavy atom. The van der Waals surface area contributed by atoms with Gasteiger partial charge < -0.3 is 15.3 Å². The largest absolute Gasteiger partial charge is 2.00 e. The fraction of sp³-hybridized carbons (Fsp3) is 0. The van der Waals surface area contributed by atoms with E-state index in [4.69, 9.17) is 17.5 Å². The Labute approximate surface area is 61.4 Å². The first kappa shape index (κ1) is 15.7. The first-order valence-electron chi connectivity index (χ1n) is 0.667. The average molecular weight is 320 g/mol. The summed E-state index contributed by atoms with van der Waals surface area (Å²) in [6, 6.07) is 0. The van der Waals surface area contributed by atoms with Gasteiger partial charge in [-0.1, -0.05) is 0 Å². The van der Waals surface area contributed by atoms with Crippen LogP contribution in [-0.4, -0.2) is 44.8 Å². The fourth-order valence-corrected chi connectivity index (χ4v) is 0. The fourth-order valence-electron chi connectivity index (χ4n) is 0. The molecule has 0 fully saturated rings. The summed E-state index contributed by atoms with van der Waals surface area (Å²) in [6.45, 7) is 0. The molecule has 0 aliphatic carbocycles. The van der Waals surface area contributed by atoms with Crippen LogP contribution in [0, 0.1) is 0 Å². The van der Waals surface area contributed by atoms with Crippen LogP contribution in [-0.2, 0) is 10.4 Å². The maximum Gasteiger partial charge on any atom is 2.00 e. The number of rotatable bonds is 0. The molecule has 0 spiro atoms. The maximum atomic E-state index is 8.52. The zero-order valence-corrected chi connectivity index (χ0v) is 7.95. The minimum atomic E-state index is -5.17. The second kappa shape index (κ2) is 4.90. The van der Waals surface area contributed by atoms with Crippen LogP contribution < -0.4 is 6.15 Å². The van der Waals surface area contributed by atoms with Crippen LogP contribution in [0.3, 0.4) is 0 Å². The normalized spacial score (nSPS) is 8.29. The molecule has 0 bridgehead atoms. The van der Waals surface area contributed by atoms with Gasteiger partial charge in [-0.25, -0.2) is 0 Å². The van der Waals surface area contributed by atoms with E-state index in [9.17, 15) is 0 Å². The van der Waals surface area contributed by atoms with Crippen LogP contribution in [0.5, 0.6) is 0 Å². The molecule has 0 unspecified atom stereocenters. The molecule has 0 atom stereocenters. The zero-order chi connectivity index (χ0) is 4.50. The van der Waals surface area contributed by atoms with Gasteiger partial charge in [0.2, 0.25) is 0 Å². The Morgan fingerprint density at radius 2 is 1.14 bits per heavy atom. The van der Waals surface area contributed by atoms with Crippen molar-refractivity contribution >= 4 is 37.7 Å². The summed E-state index contributed by atoms with van der Waals surface area (Å²) in [4.78, 5) is 0. The van der Waals surface area contributed by atoms with Crippen molar-refractivity contribution in [2.24, 2.45) is 0 Å². The van der Waals surface area contributed by atoms with E-state index >= 15 is 0 Å². The Hall–Kier alpha value is 0.752. The standard InChI is InChI=1S/H3N.H2O4S.Pb/c;1-5(2,3)4;/h1H3;(H2,1,2,3,4);/q;;+2/p-2. The monoisotopic (exact) mass is 321 g/mol. The van der Waals surface area contributed by atoms with Gasteiger partial charge in [-0.3, -0.25) is 8.42 Å². The van der Waals surface area contributed by atoms with E-state index in [0.717, 1.165) is 0 Å². The molecule has 0 aromatic rings. The van der Waals surface area contributed by atoms with Crippen molar-refractivity contribution in [3.05, 3.63) is 0 Å². The van der Waals surface area contributed by atoms with Crippen molar-refractivity contribution in [2.75, 3.05) is 0 Å². The molecule has 7 heavy (non-hydrogen) atoms. The number of hydrogen-bond donors (Lipinski definition) is 1. The van der Waals surface area contributed by atoms with E-state index in [1.165, 1.54) is 0 Å². The van der Waals surface area contributed by atoms with Crippen molar-refractivity contribution < 1.29 is 17.5 Å². The zero-order valence-electron chi connectivity index (χ0n) is 3.25. The SMILES string of the molecule is N.O=S(=O)([O-])[O-].[Pb+2]. The van der Waals surface area contributed by atoms with Gasteiger partial charge in [0, 0.05) is 10.4 Å². The van der Waals surface area contributed by atoms with Crippen molar-refractivity contribution in [3.63, 3.8) is 0 Å². The van der Waals surface area contributed by atoms with Crippen molar-refractivity contribution in [1.29, 1.82) is 0 Å². The van der Waals surface area contributed by atoms with Crippen LogP contribution >= 0.6 is 0 Å². The van der Waals surface area contributed by atoms with Gasteiger partial charge in [0.15, 0.2) is 0 Å². The predicted molar refractivity (Wildman–Crippen MR) is 21.3 cm³/mol. The van der Waals surface area contributed by atoms with E-state index in [-0.39, 0.29) is 33.4 Å². The van der Waals surface area contributed by atoms with Gasteiger partial charge in [-0.2, -0.15) is 0 Å². The molecular weight excluding hydrogens is 317 g/mol. The van der Waals surface area contributed by atoms with Crippen LogP contribution in [0.2, 0.25) is 0 Å². The molecule has 0 heterocycles. The van der Waals surface area contributed by atoms with Gasteiger partial charge in [0.1, 0.15) is 0 Å². The summed E-state index contributed by atoms with van der Waals surface area (Å²) in [7, 11) is -5.17. The first-order valence-corrected chi connectivity index (χ1v) is 2.00. The quantitative estimate of drug-likeness (QED) is 0.329. The summed E-state index contributed by atoms with van der Waals surface area (Å²) < 4.78 is 34.1. The average Bonchev–Trinajstić information content (AvgIpc) is 0.722. The van der Waals surface area contributed by atoms with Crippen molar-refractivity contribution in [3.8, 4) is 0 Å². The van der Waals surface area contributed by atoms with E-state index in [0.29, 0.717) is 0 Å². The van der Waals surface area contributed by atoms with Gasteiger partial charge in [0.25, 0.3) is 0 Å². The molecular formula is H3NO4PbS. The molecule has 0 aromatic heterocycles. The molecule has 2 radical (unpaired) electrons. The van der Waals surface area contributed by atoms with Gasteiger partial charge in [0.05, 0.1) is 0 Å². The molecule has 3 N–H and O–H groups in total. The van der Waals surface area contributed by atoms with Crippen LogP contribution in [0.4, 0.5) is 0 Å². The summed E-state index contributed by atoms with van der Waals surface area (Å²) in [5, 5.41) is 0. The molecule has 7 heteroatoms. The molecule has 0 amide bonds. The summed E-state index contributed by atoms with van der Waals surface area (Å²) >= 11 is 0. The molecule has 0 aromatic carbocycles. The molecule has 0 aliphatic heterocycles.